The first-order chi connectivity index (χ1) is 9.52. The maximum Gasteiger partial charge on any atom is 0.0417 e. The van der Waals surface area contributed by atoms with Crippen LogP contribution in [0.15, 0.2) is 35.5 Å². The van der Waals surface area contributed by atoms with Crippen molar-refractivity contribution >= 4 is 5.70 Å². The van der Waals surface area contributed by atoms with Crippen molar-refractivity contribution in [1.82, 2.24) is 5.32 Å². The minimum Gasteiger partial charge on any atom is -0.402 e. The van der Waals surface area contributed by atoms with Gasteiger partial charge in [-0.1, -0.05) is 24.1 Å². The summed E-state index contributed by atoms with van der Waals surface area (Å²) < 4.78 is 0. The Labute approximate surface area is 122 Å². The average Bonchev–Trinajstić information content (AvgIpc) is 2.35. The largest absolute Gasteiger partial charge is 0.402 e. The van der Waals surface area contributed by atoms with E-state index in [9.17, 15) is 0 Å². The van der Waals surface area contributed by atoms with Crippen molar-refractivity contribution in [3.63, 3.8) is 0 Å². The summed E-state index contributed by atoms with van der Waals surface area (Å²) in [5.74, 6) is 0.647. The van der Waals surface area contributed by atoms with Crippen LogP contribution in [0.3, 0.4) is 0 Å². The van der Waals surface area contributed by atoms with Crippen molar-refractivity contribution in [2.24, 2.45) is 11.7 Å². The van der Waals surface area contributed by atoms with Crippen LogP contribution in [-0.4, -0.2) is 7.05 Å². The van der Waals surface area contributed by atoms with Crippen LogP contribution in [0.4, 0.5) is 0 Å². The van der Waals surface area contributed by atoms with E-state index >= 15 is 0 Å². The predicted octanol–water partition coefficient (Wildman–Crippen LogP) is 3.90. The Bertz CT molecular complexity index is 545. The summed E-state index contributed by atoms with van der Waals surface area (Å²) >= 11 is 0. The third-order valence-corrected chi connectivity index (χ3v) is 4.25. The third kappa shape index (κ3) is 3.06. The third-order valence-electron chi connectivity index (χ3n) is 4.25. The molecule has 20 heavy (non-hydrogen) atoms. The van der Waals surface area contributed by atoms with Crippen LogP contribution >= 0.6 is 0 Å². The lowest BCUT2D eigenvalue weighted by molar-refractivity contribution is 0.372. The Morgan fingerprint density at radius 1 is 1.30 bits per heavy atom. The summed E-state index contributed by atoms with van der Waals surface area (Å²) in [5.41, 5.74) is 13.4. The number of hydrogen-bond donors (Lipinski definition) is 2. The van der Waals surface area contributed by atoms with Gasteiger partial charge in [0.25, 0.3) is 0 Å². The standard InChI is InChI=1S/C18H26N2/c1-12-8-9-13(2)16(10-12)18(20-4)11-17(14(3)19)15-6-5-7-15/h8-11,15,20H,5-7,19H2,1-4H3/b17-14-,18-11-. The Morgan fingerprint density at radius 3 is 2.50 bits per heavy atom. The molecule has 1 fully saturated rings. The zero-order valence-electron chi connectivity index (χ0n) is 13.1. The second kappa shape index (κ2) is 6.17. The average molecular weight is 270 g/mol. The molecule has 0 saturated heterocycles. The molecule has 0 atom stereocenters. The molecule has 0 radical (unpaired) electrons. The van der Waals surface area contributed by atoms with Crippen molar-refractivity contribution < 1.29 is 0 Å². The molecule has 0 aromatic heterocycles. The minimum absolute atomic E-state index is 0.647. The van der Waals surface area contributed by atoms with Crippen LogP contribution in [0, 0.1) is 19.8 Å². The Kier molecular flexibility index (Phi) is 4.53. The highest BCUT2D eigenvalue weighted by Gasteiger charge is 2.22. The fourth-order valence-electron chi connectivity index (χ4n) is 2.74. The molecule has 1 saturated carbocycles. The maximum atomic E-state index is 6.10. The van der Waals surface area contributed by atoms with Gasteiger partial charge in [0.05, 0.1) is 0 Å². The lowest BCUT2D eigenvalue weighted by atomic mass is 9.78. The SMILES string of the molecule is CN/C(=C\C(=C(/C)N)C1CCC1)c1cc(C)ccc1C. The summed E-state index contributed by atoms with van der Waals surface area (Å²) in [4.78, 5) is 0. The molecular formula is C18H26N2. The molecule has 1 aliphatic carbocycles. The lowest BCUT2D eigenvalue weighted by Gasteiger charge is -2.28. The number of nitrogens with one attached hydrogen (secondary N) is 1. The van der Waals surface area contributed by atoms with Crippen molar-refractivity contribution in [3.8, 4) is 0 Å². The zero-order valence-corrected chi connectivity index (χ0v) is 13.1. The van der Waals surface area contributed by atoms with E-state index in [0.717, 1.165) is 11.4 Å². The first kappa shape index (κ1) is 14.7. The minimum atomic E-state index is 0.647. The zero-order chi connectivity index (χ0) is 14.7. The Balaban J connectivity index is 2.42. The summed E-state index contributed by atoms with van der Waals surface area (Å²) in [5, 5.41) is 3.35. The van der Waals surface area contributed by atoms with Crippen molar-refractivity contribution in [2.45, 2.75) is 40.0 Å². The smallest absolute Gasteiger partial charge is 0.0417 e. The van der Waals surface area contributed by atoms with E-state index in [-0.39, 0.29) is 0 Å². The van der Waals surface area contributed by atoms with E-state index in [1.54, 1.807) is 0 Å². The molecule has 1 aromatic carbocycles. The fourth-order valence-corrected chi connectivity index (χ4v) is 2.74. The van der Waals surface area contributed by atoms with Crippen molar-refractivity contribution in [3.05, 3.63) is 52.2 Å². The molecule has 0 unspecified atom stereocenters. The monoisotopic (exact) mass is 270 g/mol. The highest BCUT2D eigenvalue weighted by atomic mass is 14.8. The molecule has 0 heterocycles. The summed E-state index contributed by atoms with van der Waals surface area (Å²) in [6, 6.07) is 6.57. The van der Waals surface area contributed by atoms with Gasteiger partial charge in [0.15, 0.2) is 0 Å². The highest BCUT2D eigenvalue weighted by Crippen LogP contribution is 2.36. The normalized spacial score (nSPS) is 17.5. The Hall–Kier alpha value is -1.70. The molecule has 0 amide bonds. The van der Waals surface area contributed by atoms with E-state index in [4.69, 9.17) is 5.73 Å². The molecule has 1 aromatic rings. The van der Waals surface area contributed by atoms with Gasteiger partial charge < -0.3 is 11.1 Å². The van der Waals surface area contributed by atoms with Gasteiger partial charge in [-0.3, -0.25) is 0 Å². The van der Waals surface area contributed by atoms with Crippen LogP contribution in [-0.2, 0) is 0 Å². The van der Waals surface area contributed by atoms with Gasteiger partial charge in [0.2, 0.25) is 0 Å². The molecule has 2 nitrogen and oxygen atoms in total. The van der Waals surface area contributed by atoms with Crippen LogP contribution in [0.2, 0.25) is 0 Å². The van der Waals surface area contributed by atoms with Crippen LogP contribution in [0.1, 0.15) is 42.9 Å². The molecular weight excluding hydrogens is 244 g/mol. The van der Waals surface area contributed by atoms with Gasteiger partial charge in [0.1, 0.15) is 0 Å². The number of rotatable bonds is 4. The summed E-state index contributed by atoms with van der Waals surface area (Å²) in [7, 11) is 1.98. The van der Waals surface area contributed by atoms with E-state index in [2.05, 4.69) is 43.4 Å². The summed E-state index contributed by atoms with van der Waals surface area (Å²) in [6.45, 7) is 6.30. The second-order valence-electron chi connectivity index (χ2n) is 5.89. The number of nitrogens with two attached hydrogens (primary N) is 1. The number of aryl methyl sites for hydroxylation is 2. The van der Waals surface area contributed by atoms with Crippen molar-refractivity contribution in [1.29, 1.82) is 0 Å². The maximum absolute atomic E-state index is 6.10. The predicted molar refractivity (Wildman–Crippen MR) is 87.2 cm³/mol. The van der Waals surface area contributed by atoms with Crippen LogP contribution in [0.25, 0.3) is 5.70 Å². The highest BCUT2D eigenvalue weighted by molar-refractivity contribution is 5.69. The van der Waals surface area contributed by atoms with Gasteiger partial charge in [-0.25, -0.2) is 0 Å². The number of benzene rings is 1. The summed E-state index contributed by atoms with van der Waals surface area (Å²) in [6.07, 6.45) is 6.11. The molecule has 3 N–H and O–H groups in total. The van der Waals surface area contributed by atoms with Gasteiger partial charge in [-0.15, -0.1) is 0 Å². The molecule has 0 aliphatic heterocycles. The van der Waals surface area contributed by atoms with Crippen LogP contribution < -0.4 is 11.1 Å². The molecule has 2 heteroatoms. The second-order valence-corrected chi connectivity index (χ2v) is 5.89. The van der Waals surface area contributed by atoms with Gasteiger partial charge in [-0.2, -0.15) is 0 Å². The van der Waals surface area contributed by atoms with E-state index in [0.29, 0.717) is 5.92 Å². The van der Waals surface area contributed by atoms with E-state index < -0.39 is 0 Å². The molecule has 108 valence electrons. The van der Waals surface area contributed by atoms with E-state index in [1.165, 1.54) is 41.5 Å². The quantitative estimate of drug-likeness (QED) is 0.814. The fraction of sp³-hybridized carbons (Fsp3) is 0.444. The van der Waals surface area contributed by atoms with Gasteiger partial charge in [0, 0.05) is 24.0 Å². The number of hydrogen-bond acceptors (Lipinski definition) is 2. The van der Waals surface area contributed by atoms with Gasteiger partial charge >= 0.3 is 0 Å². The van der Waals surface area contributed by atoms with Gasteiger partial charge in [-0.05, 0) is 62.8 Å². The molecule has 0 bridgehead atoms. The lowest BCUT2D eigenvalue weighted by Crippen LogP contribution is -2.18. The number of allylic oxidation sites excluding steroid dienone is 3. The van der Waals surface area contributed by atoms with Crippen molar-refractivity contribution in [2.75, 3.05) is 7.05 Å². The molecule has 0 spiro atoms. The first-order valence-electron chi connectivity index (χ1n) is 7.46. The molecule has 2 rings (SSSR count). The first-order valence-corrected chi connectivity index (χ1v) is 7.46. The van der Waals surface area contributed by atoms with E-state index in [1.807, 2.05) is 14.0 Å². The Morgan fingerprint density at radius 2 is 2.00 bits per heavy atom. The molecule has 1 aliphatic rings. The van der Waals surface area contributed by atoms with Crippen LogP contribution in [0.5, 0.6) is 0 Å². The topological polar surface area (TPSA) is 38.0 Å².